The molecule has 0 unspecified atom stereocenters. The summed E-state index contributed by atoms with van der Waals surface area (Å²) >= 11 is 1.66. The van der Waals surface area contributed by atoms with Crippen LogP contribution in [0.15, 0.2) is 5.51 Å². The number of amidine groups is 1. The number of nitrogens with one attached hydrogen (secondary N) is 1. The van der Waals surface area contributed by atoms with Crippen molar-refractivity contribution in [3.63, 3.8) is 0 Å². The molecule has 1 aromatic rings. The number of rotatable bonds is 8. The number of nitrogens with two attached hydrogens (primary N) is 1. The summed E-state index contributed by atoms with van der Waals surface area (Å²) in [4.78, 5) is 17.0. The minimum Gasteiger partial charge on any atom is -0.388 e. The van der Waals surface area contributed by atoms with Gasteiger partial charge in [-0.1, -0.05) is 0 Å². The molecule has 0 aliphatic carbocycles. The van der Waals surface area contributed by atoms with Gasteiger partial charge in [0.25, 0.3) is 0 Å². The van der Waals surface area contributed by atoms with E-state index in [1.165, 1.54) is 4.88 Å². The lowest BCUT2D eigenvalue weighted by molar-refractivity contribution is -0.119. The predicted molar refractivity (Wildman–Crippen MR) is 70.6 cm³/mol. The van der Waals surface area contributed by atoms with E-state index in [9.17, 15) is 4.79 Å². The van der Waals surface area contributed by atoms with Crippen LogP contribution in [0.3, 0.4) is 0 Å². The number of nitrogens with zero attached hydrogens (tertiary/aromatic N) is 1. The summed E-state index contributed by atoms with van der Waals surface area (Å²) in [5.41, 5.74) is 8.16. The van der Waals surface area contributed by atoms with E-state index in [0.29, 0.717) is 25.7 Å². The average Bonchev–Trinajstić information content (AvgIpc) is 2.64. The molecule has 1 rings (SSSR count). The smallest absolute Gasteiger partial charge is 0.132 e. The third-order valence-electron chi connectivity index (χ3n) is 2.61. The molecule has 0 aliphatic heterocycles. The number of ketones is 1. The van der Waals surface area contributed by atoms with Crippen molar-refractivity contribution in [1.29, 1.82) is 5.41 Å². The van der Waals surface area contributed by atoms with Crippen molar-refractivity contribution in [2.45, 2.75) is 45.4 Å². The van der Waals surface area contributed by atoms with Gasteiger partial charge in [-0.15, -0.1) is 11.3 Å². The fraction of sp³-hybridized carbons (Fsp3) is 0.583. The normalized spacial score (nSPS) is 10.4. The van der Waals surface area contributed by atoms with E-state index in [4.69, 9.17) is 11.1 Å². The lowest BCUT2D eigenvalue weighted by Crippen LogP contribution is -2.10. The molecule has 0 fully saturated rings. The van der Waals surface area contributed by atoms with Gasteiger partial charge in [0, 0.05) is 24.1 Å². The number of thiazole rings is 1. The highest BCUT2D eigenvalue weighted by Crippen LogP contribution is 2.15. The zero-order chi connectivity index (χ0) is 12.7. The molecule has 0 amide bonds. The largest absolute Gasteiger partial charge is 0.388 e. The second-order valence-corrected chi connectivity index (χ2v) is 5.07. The van der Waals surface area contributed by atoms with Crippen LogP contribution in [0, 0.1) is 12.3 Å². The Bertz CT molecular complexity index is 387. The SMILES string of the molecule is Cc1ncsc1CCCC(=O)CCCC(=N)N. The van der Waals surface area contributed by atoms with Crippen LogP contribution >= 0.6 is 11.3 Å². The summed E-state index contributed by atoms with van der Waals surface area (Å²) in [6, 6.07) is 0. The number of hydrogen-bond acceptors (Lipinski definition) is 4. The highest BCUT2D eigenvalue weighted by molar-refractivity contribution is 7.09. The lowest BCUT2D eigenvalue weighted by Gasteiger charge is -2.01. The van der Waals surface area contributed by atoms with Gasteiger partial charge in [-0.05, 0) is 26.2 Å². The average molecular weight is 253 g/mol. The zero-order valence-corrected chi connectivity index (χ0v) is 11.0. The number of aromatic nitrogens is 1. The van der Waals surface area contributed by atoms with Crippen LogP contribution in [-0.4, -0.2) is 16.6 Å². The van der Waals surface area contributed by atoms with Crippen LogP contribution < -0.4 is 5.73 Å². The van der Waals surface area contributed by atoms with E-state index in [0.717, 1.165) is 18.5 Å². The summed E-state index contributed by atoms with van der Waals surface area (Å²) in [7, 11) is 0. The second kappa shape index (κ2) is 7.17. The first-order chi connectivity index (χ1) is 8.09. The van der Waals surface area contributed by atoms with Crippen molar-refractivity contribution in [2.24, 2.45) is 5.73 Å². The molecule has 0 aromatic carbocycles. The molecule has 5 heteroatoms. The molecular weight excluding hydrogens is 234 g/mol. The molecular formula is C12H19N3OS. The fourth-order valence-electron chi connectivity index (χ4n) is 1.61. The first kappa shape index (κ1) is 13.8. The number of aryl methyl sites for hydroxylation is 2. The first-order valence-corrected chi connectivity index (χ1v) is 6.71. The Kier molecular flexibility index (Phi) is 5.83. The molecule has 4 nitrogen and oxygen atoms in total. The highest BCUT2D eigenvalue weighted by Gasteiger charge is 2.05. The van der Waals surface area contributed by atoms with Crippen molar-refractivity contribution in [3.05, 3.63) is 16.1 Å². The number of Topliss-reactive ketones (excluding diaryl/α,β-unsaturated/α-hetero) is 1. The van der Waals surface area contributed by atoms with Crippen LogP contribution in [0.25, 0.3) is 0 Å². The van der Waals surface area contributed by atoms with Crippen molar-refractivity contribution >= 4 is 23.0 Å². The maximum absolute atomic E-state index is 11.5. The Morgan fingerprint density at radius 3 is 2.71 bits per heavy atom. The molecule has 0 saturated carbocycles. The quantitative estimate of drug-likeness (QED) is 0.551. The van der Waals surface area contributed by atoms with E-state index in [1.807, 2.05) is 12.4 Å². The Labute approximate surface area is 106 Å². The maximum Gasteiger partial charge on any atom is 0.132 e. The van der Waals surface area contributed by atoms with Crippen LogP contribution in [0.2, 0.25) is 0 Å². The Hall–Kier alpha value is -1.23. The molecule has 0 atom stereocenters. The zero-order valence-electron chi connectivity index (χ0n) is 10.2. The molecule has 1 heterocycles. The molecule has 0 aliphatic rings. The van der Waals surface area contributed by atoms with Gasteiger partial charge in [0.2, 0.25) is 0 Å². The van der Waals surface area contributed by atoms with Crippen molar-refractivity contribution in [3.8, 4) is 0 Å². The van der Waals surface area contributed by atoms with Gasteiger partial charge in [-0.25, -0.2) is 4.98 Å². The monoisotopic (exact) mass is 253 g/mol. The summed E-state index contributed by atoms with van der Waals surface area (Å²) in [6.07, 6.45) is 4.22. The van der Waals surface area contributed by atoms with Crippen LogP contribution in [0.1, 0.15) is 42.7 Å². The number of carbonyl (C=O) groups excluding carboxylic acids is 1. The molecule has 0 radical (unpaired) electrons. The Balaban J connectivity index is 2.12. The molecule has 0 spiro atoms. The van der Waals surface area contributed by atoms with Crippen molar-refractivity contribution < 1.29 is 4.79 Å². The standard InChI is InChI=1S/C12H19N3OS/c1-9-11(17-8-15-9)6-2-4-10(16)5-3-7-12(13)14/h8H,2-7H2,1H3,(H3,13,14). The summed E-state index contributed by atoms with van der Waals surface area (Å²) in [6.45, 7) is 2.00. The molecule has 0 bridgehead atoms. The number of hydrogen-bond donors (Lipinski definition) is 2. The molecule has 17 heavy (non-hydrogen) atoms. The van der Waals surface area contributed by atoms with Crippen molar-refractivity contribution in [2.75, 3.05) is 0 Å². The minimum absolute atomic E-state index is 0.165. The van der Waals surface area contributed by atoms with E-state index in [1.54, 1.807) is 11.3 Å². The topological polar surface area (TPSA) is 79.8 Å². The summed E-state index contributed by atoms with van der Waals surface area (Å²) < 4.78 is 0. The van der Waals surface area contributed by atoms with Crippen molar-refractivity contribution in [1.82, 2.24) is 4.98 Å². The van der Waals surface area contributed by atoms with E-state index >= 15 is 0 Å². The summed E-state index contributed by atoms with van der Waals surface area (Å²) in [5.74, 6) is 0.437. The van der Waals surface area contributed by atoms with Gasteiger partial charge in [0.05, 0.1) is 17.0 Å². The van der Waals surface area contributed by atoms with Crippen LogP contribution in [-0.2, 0) is 11.2 Å². The predicted octanol–water partition coefficient (Wildman–Crippen LogP) is 2.45. The fourth-order valence-corrected chi connectivity index (χ4v) is 2.44. The molecule has 94 valence electrons. The summed E-state index contributed by atoms with van der Waals surface area (Å²) in [5, 5.41) is 7.06. The third-order valence-corrected chi connectivity index (χ3v) is 3.60. The molecule has 1 aromatic heterocycles. The third kappa shape index (κ3) is 5.58. The highest BCUT2D eigenvalue weighted by atomic mass is 32.1. The first-order valence-electron chi connectivity index (χ1n) is 5.83. The lowest BCUT2D eigenvalue weighted by atomic mass is 10.1. The Morgan fingerprint density at radius 2 is 2.12 bits per heavy atom. The second-order valence-electron chi connectivity index (χ2n) is 4.13. The Morgan fingerprint density at radius 1 is 1.41 bits per heavy atom. The van der Waals surface area contributed by atoms with Crippen LogP contribution in [0.5, 0.6) is 0 Å². The van der Waals surface area contributed by atoms with E-state index < -0.39 is 0 Å². The minimum atomic E-state index is 0.165. The van der Waals surface area contributed by atoms with Gasteiger partial charge in [0.15, 0.2) is 0 Å². The van der Waals surface area contributed by atoms with Gasteiger partial charge >= 0.3 is 0 Å². The van der Waals surface area contributed by atoms with E-state index in [2.05, 4.69) is 4.98 Å². The van der Waals surface area contributed by atoms with E-state index in [-0.39, 0.29) is 11.6 Å². The van der Waals surface area contributed by atoms with Crippen LogP contribution in [0.4, 0.5) is 0 Å². The number of carbonyl (C=O) groups is 1. The molecule has 3 N–H and O–H groups in total. The maximum atomic E-state index is 11.5. The molecule has 0 saturated heterocycles. The van der Waals surface area contributed by atoms with Gasteiger partial charge in [0.1, 0.15) is 5.78 Å². The van der Waals surface area contributed by atoms with Gasteiger partial charge in [-0.3, -0.25) is 10.2 Å². The van der Waals surface area contributed by atoms with Gasteiger partial charge < -0.3 is 5.73 Å². The van der Waals surface area contributed by atoms with Gasteiger partial charge in [-0.2, -0.15) is 0 Å².